The molecule has 3 aromatic carbocycles. The molecule has 8 rings (SSSR count). The molecule has 0 aromatic heterocycles. The number of carbonyl (C=O) groups is 2. The number of rotatable bonds is 11. The van der Waals surface area contributed by atoms with Crippen molar-refractivity contribution in [1.82, 2.24) is 9.48 Å². The number of amides is 1. The Labute approximate surface area is 357 Å². The van der Waals surface area contributed by atoms with Crippen molar-refractivity contribution in [3.63, 3.8) is 0 Å². The number of carboxylic acids is 1. The monoisotopic (exact) mass is 920 g/mol. The van der Waals surface area contributed by atoms with Gasteiger partial charge in [-0.25, -0.2) is 31.3 Å². The van der Waals surface area contributed by atoms with E-state index < -0.39 is 86.0 Å². The van der Waals surface area contributed by atoms with Gasteiger partial charge in [0, 0.05) is 79.9 Å². The average molecular weight is 921 g/mol. The number of phosphoric ester groups is 2. The Morgan fingerprint density at radius 2 is 1.57 bits per heavy atom. The lowest BCUT2D eigenvalue weighted by atomic mass is 9.79. The molecular weight excluding hydrogens is 876 g/mol. The van der Waals surface area contributed by atoms with Crippen LogP contribution in [0.3, 0.4) is 0 Å². The molecule has 336 valence electrons. The average Bonchev–Trinajstić information content (AvgIpc) is 3.19. The summed E-state index contributed by atoms with van der Waals surface area (Å²) in [6.07, 6.45) is 4.34. The van der Waals surface area contributed by atoms with Crippen molar-refractivity contribution in [2.75, 3.05) is 38.2 Å². The number of hydrogen-bond donors (Lipinski definition) is 5. The topological polar surface area (TPSA) is 207 Å². The summed E-state index contributed by atoms with van der Waals surface area (Å²) in [6.45, 7) is 7.45. The highest BCUT2D eigenvalue weighted by atomic mass is 31.2. The van der Waals surface area contributed by atoms with Crippen LogP contribution in [-0.4, -0.2) is 85.8 Å². The molecule has 0 radical (unpaired) electrons. The van der Waals surface area contributed by atoms with E-state index in [2.05, 4.69) is 4.58 Å². The first-order valence-electron chi connectivity index (χ1n) is 20.1. The Hall–Kier alpha value is -4.87. The van der Waals surface area contributed by atoms with Crippen LogP contribution < -0.4 is 24.8 Å². The predicted octanol–water partition coefficient (Wildman–Crippen LogP) is 5.25. The molecule has 0 bridgehead atoms. The third-order valence-corrected chi connectivity index (χ3v) is 13.1. The van der Waals surface area contributed by atoms with E-state index in [0.29, 0.717) is 60.1 Å². The molecule has 0 fully saturated rings. The van der Waals surface area contributed by atoms with Gasteiger partial charge in [0.2, 0.25) is 5.36 Å². The summed E-state index contributed by atoms with van der Waals surface area (Å²) < 4.78 is 109. The van der Waals surface area contributed by atoms with Crippen LogP contribution in [0, 0.1) is 23.3 Å². The molecular formula is C42H44F4N3O12P2+. The quantitative estimate of drug-likeness (QED) is 0.0429. The van der Waals surface area contributed by atoms with Gasteiger partial charge in [-0.2, -0.15) is 0 Å². The maximum atomic E-state index is 17.1. The molecule has 1 amide bonds. The first-order chi connectivity index (χ1) is 29.3. The molecule has 21 heteroatoms. The standard InChI is InChI=1S/C42H43F4N3O12P2/c1-41(2)17-20(19-59-62(53,54)55)23-15-25-29(30-31(33(44)35(46)34(45)32(30)43)40(52)47(5)12-8-11-28(50)51)26-16-24-27(61-63(56,57)58)18-42(3,4)49-14-7-10-22(37(24)49)39(26)60-38(25)21-9-6-13-48(41)36(21)23/h15-18H,6-14,19H2,1-5H3,(H4-,50,51,53,54,55,56,57,58)/p+1. The number of anilines is 1. The molecule has 0 spiro atoms. The van der Waals surface area contributed by atoms with Crippen molar-refractivity contribution in [3.05, 3.63) is 97.1 Å². The second kappa shape index (κ2) is 15.4. The van der Waals surface area contributed by atoms with E-state index in [1.807, 2.05) is 18.7 Å². The van der Waals surface area contributed by atoms with E-state index >= 15 is 17.6 Å². The van der Waals surface area contributed by atoms with Crippen LogP contribution in [0.25, 0.3) is 16.9 Å². The van der Waals surface area contributed by atoms with E-state index in [1.165, 1.54) is 18.2 Å². The van der Waals surface area contributed by atoms with Gasteiger partial charge in [0.05, 0.1) is 34.5 Å². The van der Waals surface area contributed by atoms with Crippen molar-refractivity contribution in [1.29, 1.82) is 0 Å². The lowest BCUT2D eigenvalue weighted by Gasteiger charge is -2.47. The van der Waals surface area contributed by atoms with Gasteiger partial charge in [0.15, 0.2) is 28.8 Å². The molecule has 63 heavy (non-hydrogen) atoms. The minimum atomic E-state index is -5.25. The Balaban J connectivity index is 1.55. The van der Waals surface area contributed by atoms with Gasteiger partial charge in [0.1, 0.15) is 23.8 Å². The summed E-state index contributed by atoms with van der Waals surface area (Å²) in [5.74, 6) is -11.2. The predicted molar refractivity (Wildman–Crippen MR) is 219 cm³/mol. The number of aliphatic carboxylic acids is 1. The zero-order chi connectivity index (χ0) is 45.9. The number of fused-ring (bicyclic) bond motifs is 4. The van der Waals surface area contributed by atoms with E-state index in [1.54, 1.807) is 19.9 Å². The van der Waals surface area contributed by atoms with Crippen LogP contribution in [0.4, 0.5) is 23.2 Å². The van der Waals surface area contributed by atoms with E-state index in [0.717, 1.165) is 11.9 Å². The number of carboxylic acid groups (broad SMARTS) is 1. The van der Waals surface area contributed by atoms with Crippen molar-refractivity contribution in [2.24, 2.45) is 0 Å². The van der Waals surface area contributed by atoms with E-state index in [-0.39, 0.29) is 64.1 Å². The van der Waals surface area contributed by atoms with Crippen LogP contribution in [0.1, 0.15) is 97.1 Å². The molecule has 15 nitrogen and oxygen atoms in total. The maximum absolute atomic E-state index is 17.1. The number of benzene rings is 3. The highest BCUT2D eigenvalue weighted by Gasteiger charge is 2.45. The Kier molecular flexibility index (Phi) is 10.9. The molecule has 0 atom stereocenters. The summed E-state index contributed by atoms with van der Waals surface area (Å²) in [5.41, 5.74) is -2.29. The second-order valence-corrected chi connectivity index (χ2v) is 19.7. The summed E-state index contributed by atoms with van der Waals surface area (Å²) >= 11 is 0. The normalized spacial score (nSPS) is 18.0. The molecule has 5 aliphatic heterocycles. The van der Waals surface area contributed by atoms with Crippen molar-refractivity contribution < 1.29 is 74.7 Å². The zero-order valence-electron chi connectivity index (χ0n) is 34.7. The molecule has 0 aliphatic carbocycles. The number of carbonyl (C=O) groups excluding carboxylic acids is 1. The lowest BCUT2D eigenvalue weighted by molar-refractivity contribution is -0.137. The van der Waals surface area contributed by atoms with Gasteiger partial charge in [-0.1, -0.05) is 0 Å². The summed E-state index contributed by atoms with van der Waals surface area (Å²) in [7, 11) is -9.14. The van der Waals surface area contributed by atoms with Crippen LogP contribution in [0.2, 0.25) is 0 Å². The smallest absolute Gasteiger partial charge is 0.481 e. The first-order valence-corrected chi connectivity index (χ1v) is 23.1. The van der Waals surface area contributed by atoms with Crippen molar-refractivity contribution in [2.45, 2.75) is 77.3 Å². The fourth-order valence-electron chi connectivity index (χ4n) is 9.62. The maximum Gasteiger partial charge on any atom is 0.524 e. The van der Waals surface area contributed by atoms with E-state index in [4.69, 9.17) is 13.8 Å². The second-order valence-electron chi connectivity index (χ2n) is 17.3. The number of hydrogen-bond acceptors (Lipinski definition) is 8. The van der Waals surface area contributed by atoms with Gasteiger partial charge in [-0.3, -0.25) is 23.9 Å². The van der Waals surface area contributed by atoms with Crippen molar-refractivity contribution in [3.8, 4) is 11.5 Å². The van der Waals surface area contributed by atoms with Crippen LogP contribution in [-0.2, 0) is 35.8 Å². The number of phosphoric acid groups is 2. The fourth-order valence-corrected chi connectivity index (χ4v) is 10.3. The summed E-state index contributed by atoms with van der Waals surface area (Å²) in [4.78, 5) is 68.1. The molecule has 5 heterocycles. The highest BCUT2D eigenvalue weighted by molar-refractivity contribution is 7.46. The SMILES string of the molecule is CN(CCCC(=O)O)C(=O)c1c(F)c(F)c(F)c(F)c1C1=c2cc3c4c(c2Oc2c1cc1c5c2CCCN5C(C)(C)C=C1OP(=O)(O)O)CCC[N+]=4C(C)(C)C=C3COP(=O)(O)O. The summed E-state index contributed by atoms with van der Waals surface area (Å²) in [5, 5.41) is 9.74. The van der Waals surface area contributed by atoms with Crippen LogP contribution in [0.5, 0.6) is 11.5 Å². The van der Waals surface area contributed by atoms with Gasteiger partial charge < -0.3 is 34.0 Å². The van der Waals surface area contributed by atoms with Gasteiger partial charge >= 0.3 is 21.6 Å². The van der Waals surface area contributed by atoms with Gasteiger partial charge in [0.25, 0.3) is 5.91 Å². The highest BCUT2D eigenvalue weighted by Crippen LogP contribution is 2.55. The number of ether oxygens (including phenoxy) is 1. The van der Waals surface area contributed by atoms with Crippen LogP contribution >= 0.6 is 15.6 Å². The molecule has 0 saturated heterocycles. The minimum Gasteiger partial charge on any atom is -0.481 e. The van der Waals surface area contributed by atoms with E-state index in [9.17, 15) is 43.4 Å². The molecule has 5 aliphatic rings. The summed E-state index contributed by atoms with van der Waals surface area (Å²) in [6, 6.07) is 2.81. The number of nitrogens with zero attached hydrogens (tertiary/aromatic N) is 3. The molecule has 0 saturated carbocycles. The van der Waals surface area contributed by atoms with Crippen molar-refractivity contribution >= 4 is 50.1 Å². The lowest BCUT2D eigenvalue weighted by Crippen LogP contribution is -2.53. The largest absolute Gasteiger partial charge is 0.524 e. The third-order valence-electron chi connectivity index (χ3n) is 12.2. The molecule has 5 N–H and O–H groups in total. The Morgan fingerprint density at radius 1 is 0.889 bits per heavy atom. The zero-order valence-corrected chi connectivity index (χ0v) is 36.5. The molecule has 3 aromatic rings. The fraction of sp³-hybridized carbons (Fsp3) is 0.405. The third kappa shape index (κ3) is 7.70. The first kappa shape index (κ1) is 44.7. The van der Waals surface area contributed by atoms with Crippen LogP contribution in [0.15, 0.2) is 24.3 Å². The van der Waals surface area contributed by atoms with Gasteiger partial charge in [-0.05, 0) is 69.4 Å². The minimum absolute atomic E-state index is 0.0656. The Bertz CT molecular complexity index is 2870. The van der Waals surface area contributed by atoms with Gasteiger partial charge in [-0.15, -0.1) is 0 Å². The Morgan fingerprint density at radius 3 is 2.24 bits per heavy atom. The number of halogens is 4. The molecule has 0 unspecified atom stereocenters.